The van der Waals surface area contributed by atoms with Crippen molar-refractivity contribution in [1.29, 1.82) is 0 Å². The Balaban J connectivity index is 2.66. The maximum absolute atomic E-state index is 11.9. The molecule has 1 aromatic rings. The first-order valence-electron chi connectivity index (χ1n) is 6.76. The molecule has 1 atom stereocenters. The Bertz CT molecular complexity index is 497. The molecule has 1 N–H and O–H groups in total. The van der Waals surface area contributed by atoms with E-state index in [1.807, 2.05) is 27.7 Å². The van der Waals surface area contributed by atoms with Gasteiger partial charge in [0.2, 0.25) is 11.0 Å². The van der Waals surface area contributed by atoms with Crippen LogP contribution < -0.4 is 5.32 Å². The van der Waals surface area contributed by atoms with Gasteiger partial charge in [0, 0.05) is 5.41 Å². The summed E-state index contributed by atoms with van der Waals surface area (Å²) in [5, 5.41) is 10.8. The molecule has 0 fully saturated rings. The zero-order valence-electron chi connectivity index (χ0n) is 12.9. The minimum Gasteiger partial charge on any atom is -0.465 e. The quantitative estimate of drug-likeness (QED) is 0.490. The minimum absolute atomic E-state index is 0.118. The Morgan fingerprint density at radius 2 is 2.00 bits per heavy atom. The molecule has 0 aromatic carbocycles. The third kappa shape index (κ3) is 5.62. The van der Waals surface area contributed by atoms with E-state index in [1.165, 1.54) is 23.1 Å². The fourth-order valence-electron chi connectivity index (χ4n) is 1.25. The maximum Gasteiger partial charge on any atom is 0.319 e. The lowest BCUT2D eigenvalue weighted by atomic mass is 9.96. The number of ether oxygens (including phenoxy) is 1. The van der Waals surface area contributed by atoms with Gasteiger partial charge in [-0.15, -0.1) is 10.2 Å². The first-order chi connectivity index (χ1) is 9.77. The average molecular weight is 331 g/mol. The third-order valence-electron chi connectivity index (χ3n) is 2.47. The maximum atomic E-state index is 11.9. The summed E-state index contributed by atoms with van der Waals surface area (Å²) in [4.78, 5) is 23.6. The predicted molar refractivity (Wildman–Crippen MR) is 84.6 cm³/mol. The average Bonchev–Trinajstić information content (AvgIpc) is 2.82. The van der Waals surface area contributed by atoms with Crippen LogP contribution in [0.4, 0.5) is 5.13 Å². The van der Waals surface area contributed by atoms with Crippen molar-refractivity contribution < 1.29 is 14.3 Å². The van der Waals surface area contributed by atoms with Gasteiger partial charge in [0.1, 0.15) is 5.25 Å². The van der Waals surface area contributed by atoms with E-state index in [0.29, 0.717) is 22.5 Å². The Hall–Kier alpha value is -1.15. The summed E-state index contributed by atoms with van der Waals surface area (Å²) >= 11 is 2.57. The standard InChI is InChI=1S/C13H21N3O3S2/c1-6-8(9(17)19-7-2)20-12-16-15-11(21-12)14-10(18)13(3,4)5/h8H,6-7H2,1-5H3,(H,14,15,18). The molecule has 8 heteroatoms. The minimum atomic E-state index is -0.490. The number of esters is 1. The Morgan fingerprint density at radius 3 is 2.52 bits per heavy atom. The number of amides is 1. The lowest BCUT2D eigenvalue weighted by Crippen LogP contribution is -2.27. The normalized spacial score (nSPS) is 12.8. The number of hydrogen-bond donors (Lipinski definition) is 1. The highest BCUT2D eigenvalue weighted by Crippen LogP contribution is 2.31. The molecule has 1 amide bonds. The van der Waals surface area contributed by atoms with Crippen LogP contribution >= 0.6 is 23.1 Å². The summed E-state index contributed by atoms with van der Waals surface area (Å²) in [6.07, 6.45) is 0.646. The van der Waals surface area contributed by atoms with E-state index in [0.717, 1.165) is 0 Å². The number of anilines is 1. The van der Waals surface area contributed by atoms with Gasteiger partial charge in [-0.1, -0.05) is 50.8 Å². The highest BCUT2D eigenvalue weighted by Gasteiger charge is 2.24. The summed E-state index contributed by atoms with van der Waals surface area (Å²) in [6, 6.07) is 0. The van der Waals surface area contributed by atoms with Crippen molar-refractivity contribution in [3.05, 3.63) is 0 Å². The number of carbonyl (C=O) groups is 2. The molecule has 1 rings (SSSR count). The molecule has 6 nitrogen and oxygen atoms in total. The van der Waals surface area contributed by atoms with E-state index in [1.54, 1.807) is 6.92 Å². The molecule has 1 unspecified atom stereocenters. The number of aromatic nitrogens is 2. The number of thioether (sulfide) groups is 1. The van der Waals surface area contributed by atoms with Gasteiger partial charge in [0.05, 0.1) is 6.61 Å². The van der Waals surface area contributed by atoms with Crippen LogP contribution in [0, 0.1) is 5.41 Å². The molecule has 0 bridgehead atoms. The Morgan fingerprint density at radius 1 is 1.33 bits per heavy atom. The van der Waals surface area contributed by atoms with Crippen LogP contribution in [-0.2, 0) is 14.3 Å². The van der Waals surface area contributed by atoms with E-state index in [4.69, 9.17) is 4.74 Å². The molecule has 0 aliphatic rings. The predicted octanol–water partition coefficient (Wildman–Crippen LogP) is 2.96. The molecule has 0 aliphatic carbocycles. The van der Waals surface area contributed by atoms with E-state index in [9.17, 15) is 9.59 Å². The van der Waals surface area contributed by atoms with E-state index >= 15 is 0 Å². The molecule has 0 aliphatic heterocycles. The van der Waals surface area contributed by atoms with Crippen molar-refractivity contribution in [2.75, 3.05) is 11.9 Å². The number of nitrogens with zero attached hydrogens (tertiary/aromatic N) is 2. The van der Waals surface area contributed by atoms with Crippen LogP contribution in [0.2, 0.25) is 0 Å². The van der Waals surface area contributed by atoms with Crippen LogP contribution in [0.5, 0.6) is 0 Å². The van der Waals surface area contributed by atoms with Crippen molar-refractivity contribution >= 4 is 40.1 Å². The van der Waals surface area contributed by atoms with Crippen LogP contribution in [0.15, 0.2) is 4.34 Å². The topological polar surface area (TPSA) is 81.2 Å². The van der Waals surface area contributed by atoms with Crippen molar-refractivity contribution in [2.45, 2.75) is 50.6 Å². The monoisotopic (exact) mass is 331 g/mol. The molecular formula is C13H21N3O3S2. The van der Waals surface area contributed by atoms with Crippen molar-refractivity contribution in [3.63, 3.8) is 0 Å². The molecule has 0 spiro atoms. The second-order valence-electron chi connectivity index (χ2n) is 5.34. The van der Waals surface area contributed by atoms with Crippen LogP contribution in [0.1, 0.15) is 41.0 Å². The smallest absolute Gasteiger partial charge is 0.319 e. The van der Waals surface area contributed by atoms with Crippen molar-refractivity contribution in [3.8, 4) is 0 Å². The highest BCUT2D eigenvalue weighted by molar-refractivity contribution is 8.02. The SMILES string of the molecule is CCOC(=O)C(CC)Sc1nnc(NC(=O)C(C)(C)C)s1. The fraction of sp³-hybridized carbons (Fsp3) is 0.692. The van der Waals surface area contributed by atoms with Gasteiger partial charge in [0.25, 0.3) is 0 Å². The van der Waals surface area contributed by atoms with Crippen LogP contribution in [0.25, 0.3) is 0 Å². The lowest BCUT2D eigenvalue weighted by Gasteiger charge is -2.15. The summed E-state index contributed by atoms with van der Waals surface area (Å²) in [5.74, 6) is -0.367. The molecular weight excluding hydrogens is 310 g/mol. The highest BCUT2D eigenvalue weighted by atomic mass is 32.2. The van der Waals surface area contributed by atoms with Crippen LogP contribution in [0.3, 0.4) is 0 Å². The first kappa shape index (κ1) is 17.9. The summed E-state index contributed by atoms with van der Waals surface area (Å²) in [7, 11) is 0. The molecule has 1 heterocycles. The van der Waals surface area contributed by atoms with E-state index < -0.39 is 5.41 Å². The molecule has 0 saturated heterocycles. The van der Waals surface area contributed by atoms with Crippen LogP contribution in [-0.4, -0.2) is 33.9 Å². The van der Waals surface area contributed by atoms with Crippen molar-refractivity contribution in [1.82, 2.24) is 10.2 Å². The summed E-state index contributed by atoms with van der Waals surface area (Å²) in [6.45, 7) is 9.53. The van der Waals surface area contributed by atoms with Gasteiger partial charge in [-0.05, 0) is 13.3 Å². The van der Waals surface area contributed by atoms with Crippen molar-refractivity contribution in [2.24, 2.45) is 5.41 Å². The van der Waals surface area contributed by atoms with Gasteiger partial charge < -0.3 is 10.1 Å². The zero-order chi connectivity index (χ0) is 16.0. The second-order valence-corrected chi connectivity index (χ2v) is 7.77. The van der Waals surface area contributed by atoms with Gasteiger partial charge in [0.15, 0.2) is 4.34 Å². The van der Waals surface area contributed by atoms with Gasteiger partial charge in [-0.2, -0.15) is 0 Å². The number of carbonyl (C=O) groups excluding carboxylic acids is 2. The van der Waals surface area contributed by atoms with E-state index in [-0.39, 0.29) is 17.1 Å². The molecule has 118 valence electrons. The molecule has 21 heavy (non-hydrogen) atoms. The van der Waals surface area contributed by atoms with Gasteiger partial charge in [-0.3, -0.25) is 9.59 Å². The molecule has 0 radical (unpaired) electrons. The van der Waals surface area contributed by atoms with Gasteiger partial charge in [-0.25, -0.2) is 0 Å². The zero-order valence-corrected chi connectivity index (χ0v) is 14.6. The first-order valence-corrected chi connectivity index (χ1v) is 8.45. The molecule has 1 aromatic heterocycles. The number of rotatable bonds is 6. The second kappa shape index (κ2) is 7.74. The Labute approximate surface area is 133 Å². The van der Waals surface area contributed by atoms with E-state index in [2.05, 4.69) is 15.5 Å². The number of hydrogen-bond acceptors (Lipinski definition) is 7. The summed E-state index contributed by atoms with van der Waals surface area (Å²) < 4.78 is 5.65. The molecule has 0 saturated carbocycles. The Kier molecular flexibility index (Phi) is 6.60. The summed E-state index contributed by atoms with van der Waals surface area (Å²) in [5.41, 5.74) is -0.490. The third-order valence-corrected chi connectivity index (χ3v) is 4.74. The fourth-order valence-corrected chi connectivity index (χ4v) is 3.16. The van der Waals surface area contributed by atoms with Gasteiger partial charge >= 0.3 is 5.97 Å². The number of nitrogens with one attached hydrogen (secondary N) is 1. The largest absolute Gasteiger partial charge is 0.465 e. The lowest BCUT2D eigenvalue weighted by molar-refractivity contribution is -0.142.